The molecular weight excluding hydrogens is 182 g/mol. The van der Waals surface area contributed by atoms with E-state index in [0.717, 1.165) is 0 Å². The van der Waals surface area contributed by atoms with Crippen molar-refractivity contribution >= 4 is 17.3 Å². The highest BCUT2D eigenvalue weighted by atomic mass is 16.4. The largest absolute Gasteiger partial charge is 0.411 e. The quantitative estimate of drug-likeness (QED) is 0.416. The average molecular weight is 193 g/mol. The summed E-state index contributed by atoms with van der Waals surface area (Å²) < 4.78 is 0. The van der Waals surface area contributed by atoms with Gasteiger partial charge in [-0.15, -0.1) is 0 Å². The Hall–Kier alpha value is -1.71. The third-order valence-electron chi connectivity index (χ3n) is 1.85. The number of hydrogen-bond acceptors (Lipinski definition) is 4. The zero-order valence-corrected chi connectivity index (χ0v) is 7.86. The van der Waals surface area contributed by atoms with Crippen LogP contribution in [0.15, 0.2) is 29.0 Å². The summed E-state index contributed by atoms with van der Waals surface area (Å²) in [4.78, 5) is 22.2. The van der Waals surface area contributed by atoms with Gasteiger partial charge >= 0.3 is 0 Å². The lowest BCUT2D eigenvalue weighted by atomic mass is 9.96. The Bertz CT molecular complexity index is 350. The predicted octanol–water partition coefficient (Wildman–Crippen LogP) is 1.25. The molecule has 0 spiro atoms. The second kappa shape index (κ2) is 4.50. The number of hydrogen-bond donors (Lipinski definition) is 1. The van der Waals surface area contributed by atoms with Crippen molar-refractivity contribution in [1.82, 2.24) is 0 Å². The molecule has 4 nitrogen and oxygen atoms in total. The Balaban J connectivity index is 2.84. The fourth-order valence-corrected chi connectivity index (χ4v) is 1.22. The van der Waals surface area contributed by atoms with Crippen molar-refractivity contribution < 1.29 is 14.8 Å². The number of allylic oxidation sites excluding steroid dienone is 4. The predicted molar refractivity (Wildman–Crippen MR) is 51.4 cm³/mol. The topological polar surface area (TPSA) is 66.7 Å². The molecule has 0 atom stereocenters. The summed E-state index contributed by atoms with van der Waals surface area (Å²) in [6.07, 6.45) is 5.33. The molecule has 1 aliphatic rings. The van der Waals surface area contributed by atoms with Crippen LogP contribution in [0, 0.1) is 0 Å². The van der Waals surface area contributed by atoms with E-state index in [9.17, 15) is 9.59 Å². The van der Waals surface area contributed by atoms with Gasteiger partial charge in [-0.1, -0.05) is 17.3 Å². The lowest BCUT2D eigenvalue weighted by Crippen LogP contribution is -2.16. The second-order valence-electron chi connectivity index (χ2n) is 3.06. The van der Waals surface area contributed by atoms with Crippen LogP contribution in [0.25, 0.3) is 0 Å². The van der Waals surface area contributed by atoms with E-state index in [1.807, 2.05) is 0 Å². The molecule has 0 aromatic carbocycles. The van der Waals surface area contributed by atoms with Gasteiger partial charge in [-0.3, -0.25) is 9.59 Å². The highest BCUT2D eigenvalue weighted by Gasteiger charge is 2.18. The van der Waals surface area contributed by atoms with Crippen LogP contribution in [0.1, 0.15) is 19.8 Å². The van der Waals surface area contributed by atoms with Crippen LogP contribution in [0.2, 0.25) is 0 Å². The summed E-state index contributed by atoms with van der Waals surface area (Å²) in [5.74, 6) is -0.489. The third-order valence-corrected chi connectivity index (χ3v) is 1.85. The molecule has 0 saturated heterocycles. The average Bonchev–Trinajstić information content (AvgIpc) is 2.16. The highest BCUT2D eigenvalue weighted by Crippen LogP contribution is 2.12. The van der Waals surface area contributed by atoms with Crippen LogP contribution in [0.3, 0.4) is 0 Å². The monoisotopic (exact) mass is 193 g/mol. The molecule has 1 aliphatic carbocycles. The van der Waals surface area contributed by atoms with Crippen LogP contribution in [0.5, 0.6) is 0 Å². The first kappa shape index (κ1) is 10.4. The standard InChI is InChI=1S/C10H11NO3/c1-7(12)6-10(13)8-4-2-3-5-9(8)11-14/h2-4,14H,5-6H2,1H3. The van der Waals surface area contributed by atoms with Crippen molar-refractivity contribution in [3.05, 3.63) is 23.8 Å². The fourth-order valence-electron chi connectivity index (χ4n) is 1.22. The molecule has 0 unspecified atom stereocenters. The van der Waals surface area contributed by atoms with E-state index in [2.05, 4.69) is 5.16 Å². The maximum atomic E-state index is 11.5. The molecule has 0 saturated carbocycles. The molecule has 0 aromatic rings. The van der Waals surface area contributed by atoms with Gasteiger partial charge in [0.25, 0.3) is 0 Å². The maximum absolute atomic E-state index is 11.5. The van der Waals surface area contributed by atoms with Crippen LogP contribution in [-0.2, 0) is 9.59 Å². The van der Waals surface area contributed by atoms with E-state index in [-0.39, 0.29) is 18.0 Å². The number of carbonyl (C=O) groups excluding carboxylic acids is 2. The van der Waals surface area contributed by atoms with E-state index in [1.165, 1.54) is 6.92 Å². The molecule has 0 amide bonds. The summed E-state index contributed by atoms with van der Waals surface area (Å²) in [6, 6.07) is 0. The smallest absolute Gasteiger partial charge is 0.172 e. The molecule has 0 fully saturated rings. The molecule has 0 radical (unpaired) electrons. The van der Waals surface area contributed by atoms with Gasteiger partial charge in [-0.25, -0.2) is 0 Å². The molecular formula is C10H11NO3. The Morgan fingerprint density at radius 3 is 2.86 bits per heavy atom. The summed E-state index contributed by atoms with van der Waals surface area (Å²) >= 11 is 0. The van der Waals surface area contributed by atoms with Gasteiger partial charge < -0.3 is 5.21 Å². The first-order valence-electron chi connectivity index (χ1n) is 4.26. The minimum absolute atomic E-state index is 0.140. The maximum Gasteiger partial charge on any atom is 0.172 e. The van der Waals surface area contributed by atoms with Crippen LogP contribution >= 0.6 is 0 Å². The molecule has 0 aromatic heterocycles. The van der Waals surface area contributed by atoms with Crippen molar-refractivity contribution in [2.75, 3.05) is 0 Å². The zero-order chi connectivity index (χ0) is 10.6. The molecule has 0 aliphatic heterocycles. The summed E-state index contributed by atoms with van der Waals surface area (Å²) in [6.45, 7) is 1.35. The van der Waals surface area contributed by atoms with Gasteiger partial charge in [0.15, 0.2) is 5.78 Å². The first-order valence-corrected chi connectivity index (χ1v) is 4.26. The Labute approximate surface area is 81.6 Å². The van der Waals surface area contributed by atoms with Gasteiger partial charge in [0.05, 0.1) is 12.1 Å². The van der Waals surface area contributed by atoms with E-state index in [1.54, 1.807) is 18.2 Å². The Morgan fingerprint density at radius 1 is 1.57 bits per heavy atom. The van der Waals surface area contributed by atoms with Crippen molar-refractivity contribution in [3.8, 4) is 0 Å². The van der Waals surface area contributed by atoms with Crippen molar-refractivity contribution in [2.45, 2.75) is 19.8 Å². The SMILES string of the molecule is CC(=O)CC(=O)C1=CC=CCC1=NO. The molecule has 1 N–H and O–H groups in total. The number of rotatable bonds is 3. The third kappa shape index (κ3) is 2.39. The molecule has 74 valence electrons. The number of Topliss-reactive ketones (excluding diaryl/α,β-unsaturated/α-hetero) is 2. The lowest BCUT2D eigenvalue weighted by molar-refractivity contribution is -0.123. The van der Waals surface area contributed by atoms with E-state index in [0.29, 0.717) is 17.7 Å². The Morgan fingerprint density at radius 2 is 2.29 bits per heavy atom. The number of ketones is 2. The summed E-state index contributed by atoms with van der Waals surface area (Å²) in [5, 5.41) is 11.6. The van der Waals surface area contributed by atoms with Gasteiger partial charge in [0, 0.05) is 12.0 Å². The normalized spacial score (nSPS) is 18.1. The first-order chi connectivity index (χ1) is 6.65. The summed E-state index contributed by atoms with van der Waals surface area (Å²) in [7, 11) is 0. The van der Waals surface area contributed by atoms with Gasteiger partial charge in [0.2, 0.25) is 0 Å². The van der Waals surface area contributed by atoms with Crippen molar-refractivity contribution in [3.63, 3.8) is 0 Å². The second-order valence-corrected chi connectivity index (χ2v) is 3.06. The van der Waals surface area contributed by atoms with Crippen LogP contribution in [-0.4, -0.2) is 22.5 Å². The molecule has 0 heterocycles. The molecule has 1 rings (SSSR count). The van der Waals surface area contributed by atoms with E-state index >= 15 is 0 Å². The fraction of sp³-hybridized carbons (Fsp3) is 0.300. The number of oxime groups is 1. The van der Waals surface area contributed by atoms with E-state index < -0.39 is 0 Å². The molecule has 4 heteroatoms. The highest BCUT2D eigenvalue weighted by molar-refractivity contribution is 6.26. The van der Waals surface area contributed by atoms with Crippen LogP contribution < -0.4 is 0 Å². The van der Waals surface area contributed by atoms with Gasteiger partial charge in [0.1, 0.15) is 5.78 Å². The van der Waals surface area contributed by atoms with Gasteiger partial charge in [-0.05, 0) is 13.0 Å². The van der Waals surface area contributed by atoms with Gasteiger partial charge in [-0.2, -0.15) is 0 Å². The number of nitrogens with zero attached hydrogens (tertiary/aromatic N) is 1. The lowest BCUT2D eigenvalue weighted by Gasteiger charge is -2.08. The van der Waals surface area contributed by atoms with Crippen LogP contribution in [0.4, 0.5) is 0 Å². The zero-order valence-electron chi connectivity index (χ0n) is 7.86. The van der Waals surface area contributed by atoms with Crippen molar-refractivity contribution in [1.29, 1.82) is 0 Å². The minimum atomic E-state index is -0.297. The molecule has 0 bridgehead atoms. The summed E-state index contributed by atoms with van der Waals surface area (Å²) in [5.41, 5.74) is 0.643. The van der Waals surface area contributed by atoms with E-state index in [4.69, 9.17) is 5.21 Å². The number of carbonyl (C=O) groups is 2. The molecule has 14 heavy (non-hydrogen) atoms. The minimum Gasteiger partial charge on any atom is -0.411 e. The van der Waals surface area contributed by atoms with Crippen molar-refractivity contribution in [2.24, 2.45) is 5.16 Å². The Kier molecular flexibility index (Phi) is 3.34.